The third-order valence-corrected chi connectivity index (χ3v) is 4.23. The highest BCUT2D eigenvalue weighted by Gasteiger charge is 2.30. The summed E-state index contributed by atoms with van der Waals surface area (Å²) in [5.74, 6) is -1.06. The van der Waals surface area contributed by atoms with Crippen LogP contribution < -0.4 is 0 Å². The number of carboxylic acids is 1. The predicted octanol–water partition coefficient (Wildman–Crippen LogP) is 2.73. The largest absolute Gasteiger partial charge is 0.477 e. The molecule has 1 amide bonds. The molecule has 20 heavy (non-hydrogen) atoms. The first-order chi connectivity index (χ1) is 9.47. The molecular formula is C15H22N2O3. The maximum atomic E-state index is 12.8. The van der Waals surface area contributed by atoms with E-state index in [1.54, 1.807) is 13.8 Å². The summed E-state index contributed by atoms with van der Waals surface area (Å²) in [6, 6.07) is 0.300. The van der Waals surface area contributed by atoms with Crippen molar-refractivity contribution < 1.29 is 14.7 Å². The van der Waals surface area contributed by atoms with Crippen molar-refractivity contribution in [3.8, 4) is 0 Å². The molecule has 0 saturated heterocycles. The molecule has 0 atom stereocenters. The zero-order chi connectivity index (χ0) is 14.9. The average molecular weight is 278 g/mol. The number of carboxylic acid groups (broad SMARTS) is 1. The third kappa shape index (κ3) is 2.44. The van der Waals surface area contributed by atoms with Crippen molar-refractivity contribution in [3.05, 3.63) is 22.5 Å². The lowest BCUT2D eigenvalue weighted by Crippen LogP contribution is -2.39. The molecule has 0 aromatic carbocycles. The van der Waals surface area contributed by atoms with Crippen LogP contribution in [0.15, 0.2) is 0 Å². The van der Waals surface area contributed by atoms with E-state index in [0.717, 1.165) is 12.8 Å². The van der Waals surface area contributed by atoms with Gasteiger partial charge in [0, 0.05) is 18.3 Å². The molecule has 1 fully saturated rings. The van der Waals surface area contributed by atoms with Gasteiger partial charge in [-0.1, -0.05) is 12.8 Å². The van der Waals surface area contributed by atoms with Crippen LogP contribution in [0.4, 0.5) is 0 Å². The predicted molar refractivity (Wildman–Crippen MR) is 76.2 cm³/mol. The fourth-order valence-corrected chi connectivity index (χ4v) is 3.21. The minimum absolute atomic E-state index is 0.0434. The second-order valence-electron chi connectivity index (χ2n) is 5.46. The van der Waals surface area contributed by atoms with Crippen LogP contribution in [0.5, 0.6) is 0 Å². The Morgan fingerprint density at radius 1 is 1.30 bits per heavy atom. The average Bonchev–Trinajstić information content (AvgIpc) is 2.99. The molecule has 5 heteroatoms. The van der Waals surface area contributed by atoms with Gasteiger partial charge in [0.15, 0.2) is 0 Å². The molecular weight excluding hydrogens is 256 g/mol. The van der Waals surface area contributed by atoms with Crippen LogP contribution in [0.1, 0.15) is 64.7 Å². The summed E-state index contributed by atoms with van der Waals surface area (Å²) in [4.78, 5) is 28.6. The lowest BCUT2D eigenvalue weighted by molar-refractivity contribution is 0.0687. The van der Waals surface area contributed by atoms with Crippen molar-refractivity contribution in [1.82, 2.24) is 9.88 Å². The van der Waals surface area contributed by atoms with Crippen molar-refractivity contribution in [2.24, 2.45) is 0 Å². The van der Waals surface area contributed by atoms with Crippen LogP contribution in [0, 0.1) is 13.8 Å². The summed E-state index contributed by atoms with van der Waals surface area (Å²) in [6.45, 7) is 6.10. The number of carbonyl (C=O) groups is 2. The Bertz CT molecular complexity index is 527. The summed E-state index contributed by atoms with van der Waals surface area (Å²) < 4.78 is 0. The molecule has 0 radical (unpaired) electrons. The molecule has 1 aliphatic rings. The monoisotopic (exact) mass is 278 g/mol. The number of amides is 1. The second kappa shape index (κ2) is 5.69. The van der Waals surface area contributed by atoms with Gasteiger partial charge < -0.3 is 15.0 Å². The summed E-state index contributed by atoms with van der Waals surface area (Å²) in [7, 11) is 0. The lowest BCUT2D eigenvalue weighted by Gasteiger charge is -2.28. The Morgan fingerprint density at radius 2 is 1.90 bits per heavy atom. The minimum Gasteiger partial charge on any atom is -0.477 e. The molecule has 2 rings (SSSR count). The summed E-state index contributed by atoms with van der Waals surface area (Å²) in [5.41, 5.74) is 1.82. The number of aromatic nitrogens is 1. The summed E-state index contributed by atoms with van der Waals surface area (Å²) >= 11 is 0. The molecule has 5 nitrogen and oxygen atoms in total. The van der Waals surface area contributed by atoms with Crippen molar-refractivity contribution in [2.45, 2.75) is 52.5 Å². The normalized spacial score (nSPS) is 15.6. The first-order valence-corrected chi connectivity index (χ1v) is 7.20. The van der Waals surface area contributed by atoms with Crippen molar-refractivity contribution in [1.29, 1.82) is 0 Å². The SMILES string of the molecule is CCN(C(=O)c1c(C)[nH]c(C(=O)O)c1C)C1CCCC1. The summed E-state index contributed by atoms with van der Waals surface area (Å²) in [6.07, 6.45) is 4.43. The minimum atomic E-state index is -1.02. The second-order valence-corrected chi connectivity index (χ2v) is 5.46. The van der Waals surface area contributed by atoms with E-state index in [1.807, 2.05) is 11.8 Å². The van der Waals surface area contributed by atoms with Gasteiger partial charge in [-0.2, -0.15) is 0 Å². The number of rotatable bonds is 4. The Labute approximate surface area is 119 Å². The maximum absolute atomic E-state index is 12.8. The van der Waals surface area contributed by atoms with Gasteiger partial charge in [-0.3, -0.25) is 4.79 Å². The maximum Gasteiger partial charge on any atom is 0.352 e. The third-order valence-electron chi connectivity index (χ3n) is 4.23. The topological polar surface area (TPSA) is 73.4 Å². The van der Waals surface area contributed by atoms with Gasteiger partial charge in [-0.25, -0.2) is 4.79 Å². The molecule has 0 bridgehead atoms. The number of aromatic carboxylic acids is 1. The van der Waals surface area contributed by atoms with E-state index >= 15 is 0 Å². The van der Waals surface area contributed by atoms with Gasteiger partial charge in [0.1, 0.15) is 5.69 Å². The van der Waals surface area contributed by atoms with E-state index in [1.165, 1.54) is 12.8 Å². The molecule has 1 saturated carbocycles. The molecule has 0 unspecified atom stereocenters. The standard InChI is InChI=1S/C15H22N2O3/c1-4-17(11-7-5-6-8-11)14(18)12-9(2)13(15(19)20)16-10(12)3/h11,16H,4-8H2,1-3H3,(H,19,20). The number of aryl methyl sites for hydroxylation is 1. The first kappa shape index (κ1) is 14.6. The van der Waals surface area contributed by atoms with Crippen LogP contribution >= 0.6 is 0 Å². The van der Waals surface area contributed by atoms with Gasteiger partial charge in [0.25, 0.3) is 5.91 Å². The van der Waals surface area contributed by atoms with Crippen LogP contribution in [0.25, 0.3) is 0 Å². The zero-order valence-electron chi connectivity index (χ0n) is 12.3. The van der Waals surface area contributed by atoms with Crippen molar-refractivity contribution in [2.75, 3.05) is 6.54 Å². The van der Waals surface area contributed by atoms with Crippen molar-refractivity contribution in [3.63, 3.8) is 0 Å². The van der Waals surface area contributed by atoms with Crippen LogP contribution in [-0.4, -0.2) is 39.5 Å². The molecule has 1 aliphatic carbocycles. The zero-order valence-corrected chi connectivity index (χ0v) is 12.3. The molecule has 1 aromatic heterocycles. The molecule has 110 valence electrons. The van der Waals surface area contributed by atoms with Crippen LogP contribution in [0.3, 0.4) is 0 Å². The van der Waals surface area contributed by atoms with E-state index in [-0.39, 0.29) is 11.6 Å². The van der Waals surface area contributed by atoms with Gasteiger partial charge in [0.05, 0.1) is 5.56 Å². The van der Waals surface area contributed by atoms with E-state index < -0.39 is 5.97 Å². The van der Waals surface area contributed by atoms with Gasteiger partial charge in [-0.05, 0) is 39.2 Å². The molecule has 0 spiro atoms. The number of nitrogens with one attached hydrogen (secondary N) is 1. The fraction of sp³-hybridized carbons (Fsp3) is 0.600. The lowest BCUT2D eigenvalue weighted by atomic mass is 10.1. The Morgan fingerprint density at radius 3 is 2.35 bits per heavy atom. The van der Waals surface area contributed by atoms with E-state index in [2.05, 4.69) is 4.98 Å². The van der Waals surface area contributed by atoms with Crippen LogP contribution in [-0.2, 0) is 0 Å². The smallest absolute Gasteiger partial charge is 0.352 e. The highest BCUT2D eigenvalue weighted by atomic mass is 16.4. The number of carbonyl (C=O) groups excluding carboxylic acids is 1. The van der Waals surface area contributed by atoms with Crippen LogP contribution in [0.2, 0.25) is 0 Å². The highest BCUT2D eigenvalue weighted by molar-refractivity contribution is 6.01. The van der Waals surface area contributed by atoms with Gasteiger partial charge in [0.2, 0.25) is 0 Å². The first-order valence-electron chi connectivity index (χ1n) is 7.20. The fourth-order valence-electron chi connectivity index (χ4n) is 3.21. The molecule has 2 N–H and O–H groups in total. The van der Waals surface area contributed by atoms with Crippen molar-refractivity contribution >= 4 is 11.9 Å². The number of H-pyrrole nitrogens is 1. The highest BCUT2D eigenvalue weighted by Crippen LogP contribution is 2.27. The molecule has 0 aliphatic heterocycles. The Hall–Kier alpha value is -1.78. The Kier molecular flexibility index (Phi) is 4.16. The quantitative estimate of drug-likeness (QED) is 0.889. The van der Waals surface area contributed by atoms with E-state index in [4.69, 9.17) is 5.11 Å². The van der Waals surface area contributed by atoms with Gasteiger partial charge >= 0.3 is 5.97 Å². The Balaban J connectivity index is 2.34. The number of hydrogen-bond donors (Lipinski definition) is 2. The van der Waals surface area contributed by atoms with E-state index in [9.17, 15) is 9.59 Å². The molecule has 1 aromatic rings. The van der Waals surface area contributed by atoms with E-state index in [0.29, 0.717) is 29.4 Å². The van der Waals surface area contributed by atoms with Gasteiger partial charge in [-0.15, -0.1) is 0 Å². The number of nitrogens with zero attached hydrogens (tertiary/aromatic N) is 1. The number of aromatic amines is 1. The summed E-state index contributed by atoms with van der Waals surface area (Å²) in [5, 5.41) is 9.14. The molecule has 1 heterocycles. The number of hydrogen-bond acceptors (Lipinski definition) is 2.